The molecule has 0 spiro atoms. The van der Waals surface area contributed by atoms with Crippen molar-refractivity contribution in [2.45, 2.75) is 33.7 Å². The molecule has 1 N–H and O–H groups in total. The molecule has 1 atom stereocenters. The average molecular weight is 326 g/mol. The van der Waals surface area contributed by atoms with Gasteiger partial charge in [0.25, 0.3) is 0 Å². The van der Waals surface area contributed by atoms with Crippen molar-refractivity contribution in [3.05, 3.63) is 59.2 Å². The van der Waals surface area contributed by atoms with Gasteiger partial charge in [-0.25, -0.2) is 4.79 Å². The number of carbonyl (C=O) groups excluding carboxylic acids is 1. The van der Waals surface area contributed by atoms with Crippen LogP contribution in [0.1, 0.15) is 36.6 Å². The van der Waals surface area contributed by atoms with Crippen LogP contribution in [0.3, 0.4) is 0 Å². The maximum atomic E-state index is 12.7. The van der Waals surface area contributed by atoms with Crippen molar-refractivity contribution in [3.8, 4) is 5.75 Å². The van der Waals surface area contributed by atoms with Crippen LogP contribution in [0, 0.1) is 13.8 Å². The Hall–Kier alpha value is -2.49. The number of urea groups is 1. The molecule has 0 fully saturated rings. The number of nitrogens with one attached hydrogen (secondary N) is 1. The van der Waals surface area contributed by atoms with E-state index in [-0.39, 0.29) is 12.1 Å². The minimum absolute atomic E-state index is 0.0455. The van der Waals surface area contributed by atoms with Gasteiger partial charge < -0.3 is 15.0 Å². The zero-order valence-electron chi connectivity index (χ0n) is 15.1. The van der Waals surface area contributed by atoms with Gasteiger partial charge in [0, 0.05) is 12.2 Å². The van der Waals surface area contributed by atoms with Crippen LogP contribution in [0.4, 0.5) is 10.5 Å². The Morgan fingerprint density at radius 2 is 1.96 bits per heavy atom. The van der Waals surface area contributed by atoms with Gasteiger partial charge in [0.1, 0.15) is 5.75 Å². The molecule has 0 aliphatic carbocycles. The highest BCUT2D eigenvalue weighted by Crippen LogP contribution is 2.25. The third-order valence-corrected chi connectivity index (χ3v) is 4.27. The Morgan fingerprint density at radius 1 is 1.21 bits per heavy atom. The van der Waals surface area contributed by atoms with E-state index in [1.165, 1.54) is 5.56 Å². The lowest BCUT2D eigenvalue weighted by atomic mass is 10.1. The Morgan fingerprint density at radius 3 is 2.58 bits per heavy atom. The standard InChI is InChI=1S/C20H26N2O2/c1-6-22(16(4)17-8-7-9-18(13-17)24-5)20(23)21-19-11-10-14(2)12-15(19)3/h7-13,16H,6H2,1-5H3,(H,21,23)/t16-/m1/s1. The van der Waals surface area contributed by atoms with E-state index in [0.717, 1.165) is 22.6 Å². The average Bonchev–Trinajstić information content (AvgIpc) is 2.58. The highest BCUT2D eigenvalue weighted by atomic mass is 16.5. The van der Waals surface area contributed by atoms with E-state index in [9.17, 15) is 4.79 Å². The summed E-state index contributed by atoms with van der Waals surface area (Å²) in [5.41, 5.74) is 4.14. The summed E-state index contributed by atoms with van der Waals surface area (Å²) >= 11 is 0. The van der Waals surface area contributed by atoms with Crippen molar-refractivity contribution in [1.29, 1.82) is 0 Å². The molecule has 0 saturated heterocycles. The van der Waals surface area contributed by atoms with E-state index in [0.29, 0.717) is 6.54 Å². The summed E-state index contributed by atoms with van der Waals surface area (Å²) in [7, 11) is 1.65. The molecular weight excluding hydrogens is 300 g/mol. The Kier molecular flexibility index (Phi) is 5.85. The van der Waals surface area contributed by atoms with Gasteiger partial charge in [-0.15, -0.1) is 0 Å². The molecule has 0 heterocycles. The van der Waals surface area contributed by atoms with Gasteiger partial charge in [0.05, 0.1) is 13.2 Å². The van der Waals surface area contributed by atoms with Crippen molar-refractivity contribution in [2.24, 2.45) is 0 Å². The van der Waals surface area contributed by atoms with Crippen LogP contribution in [-0.2, 0) is 0 Å². The first-order valence-electron chi connectivity index (χ1n) is 8.25. The summed E-state index contributed by atoms with van der Waals surface area (Å²) in [4.78, 5) is 14.5. The summed E-state index contributed by atoms with van der Waals surface area (Å²) in [5.74, 6) is 0.796. The lowest BCUT2D eigenvalue weighted by molar-refractivity contribution is 0.197. The molecule has 4 heteroatoms. The molecule has 0 unspecified atom stereocenters. The van der Waals surface area contributed by atoms with E-state index in [1.807, 2.05) is 69.0 Å². The molecule has 0 radical (unpaired) electrons. The molecular formula is C20H26N2O2. The second-order valence-corrected chi connectivity index (χ2v) is 5.99. The molecule has 128 valence electrons. The number of amides is 2. The van der Waals surface area contributed by atoms with E-state index < -0.39 is 0 Å². The number of anilines is 1. The van der Waals surface area contributed by atoms with Crippen LogP contribution in [-0.4, -0.2) is 24.6 Å². The largest absolute Gasteiger partial charge is 0.497 e. The van der Waals surface area contributed by atoms with Crippen molar-refractivity contribution < 1.29 is 9.53 Å². The van der Waals surface area contributed by atoms with E-state index in [4.69, 9.17) is 4.74 Å². The number of carbonyl (C=O) groups is 1. The van der Waals surface area contributed by atoms with E-state index >= 15 is 0 Å². The topological polar surface area (TPSA) is 41.6 Å². The Balaban J connectivity index is 2.18. The highest BCUT2D eigenvalue weighted by molar-refractivity contribution is 5.90. The second kappa shape index (κ2) is 7.86. The molecule has 0 aliphatic rings. The summed E-state index contributed by atoms with van der Waals surface area (Å²) in [5, 5.41) is 3.02. The maximum absolute atomic E-state index is 12.7. The van der Waals surface area contributed by atoms with Gasteiger partial charge in [-0.05, 0) is 57.0 Å². The molecule has 24 heavy (non-hydrogen) atoms. The number of nitrogens with zero attached hydrogens (tertiary/aromatic N) is 1. The molecule has 0 saturated carbocycles. The zero-order valence-corrected chi connectivity index (χ0v) is 15.1. The summed E-state index contributed by atoms with van der Waals surface area (Å²) in [6.45, 7) is 8.68. The normalized spacial score (nSPS) is 11.7. The molecule has 0 bridgehead atoms. The third kappa shape index (κ3) is 4.07. The van der Waals surface area contributed by atoms with Crippen LogP contribution < -0.4 is 10.1 Å². The van der Waals surface area contributed by atoms with Crippen molar-refractivity contribution in [3.63, 3.8) is 0 Å². The Labute approximate surface area is 144 Å². The van der Waals surface area contributed by atoms with Gasteiger partial charge >= 0.3 is 6.03 Å². The lowest BCUT2D eigenvalue weighted by Gasteiger charge is -2.29. The molecule has 2 aromatic rings. The van der Waals surface area contributed by atoms with Crippen LogP contribution in [0.25, 0.3) is 0 Å². The molecule has 2 aromatic carbocycles. The quantitative estimate of drug-likeness (QED) is 0.846. The zero-order chi connectivity index (χ0) is 17.7. The predicted octanol–water partition coefficient (Wildman–Crippen LogP) is 4.93. The number of hydrogen-bond donors (Lipinski definition) is 1. The van der Waals surface area contributed by atoms with Gasteiger partial charge in [-0.3, -0.25) is 0 Å². The first kappa shape index (κ1) is 17.9. The fourth-order valence-electron chi connectivity index (χ4n) is 2.82. The van der Waals surface area contributed by atoms with Gasteiger partial charge in [0.15, 0.2) is 0 Å². The SMILES string of the molecule is CCN(C(=O)Nc1ccc(C)cc1C)[C@H](C)c1cccc(OC)c1. The van der Waals surface area contributed by atoms with Crippen LogP contribution in [0.2, 0.25) is 0 Å². The number of hydrogen-bond acceptors (Lipinski definition) is 2. The Bertz CT molecular complexity index is 713. The summed E-state index contributed by atoms with van der Waals surface area (Å²) in [6.07, 6.45) is 0. The first-order valence-corrected chi connectivity index (χ1v) is 8.25. The van der Waals surface area contributed by atoms with Crippen LogP contribution in [0.15, 0.2) is 42.5 Å². The summed E-state index contributed by atoms with van der Waals surface area (Å²) in [6, 6.07) is 13.7. The summed E-state index contributed by atoms with van der Waals surface area (Å²) < 4.78 is 5.28. The van der Waals surface area contributed by atoms with Crippen molar-refractivity contribution in [1.82, 2.24) is 4.90 Å². The number of aryl methyl sites for hydroxylation is 2. The molecule has 2 amide bonds. The minimum Gasteiger partial charge on any atom is -0.497 e. The molecule has 2 rings (SSSR count). The maximum Gasteiger partial charge on any atom is 0.322 e. The third-order valence-electron chi connectivity index (χ3n) is 4.27. The van der Waals surface area contributed by atoms with E-state index in [2.05, 4.69) is 11.4 Å². The smallest absolute Gasteiger partial charge is 0.322 e. The van der Waals surface area contributed by atoms with Gasteiger partial charge in [-0.1, -0.05) is 29.8 Å². The minimum atomic E-state index is -0.0974. The molecule has 0 aliphatic heterocycles. The van der Waals surface area contributed by atoms with Crippen LogP contribution in [0.5, 0.6) is 5.75 Å². The monoisotopic (exact) mass is 326 g/mol. The first-order chi connectivity index (χ1) is 11.5. The van der Waals surface area contributed by atoms with E-state index in [1.54, 1.807) is 7.11 Å². The fourth-order valence-corrected chi connectivity index (χ4v) is 2.82. The van der Waals surface area contributed by atoms with Crippen LogP contribution >= 0.6 is 0 Å². The van der Waals surface area contributed by atoms with Crippen molar-refractivity contribution in [2.75, 3.05) is 19.0 Å². The predicted molar refractivity (Wildman–Crippen MR) is 98.7 cm³/mol. The molecule has 4 nitrogen and oxygen atoms in total. The second-order valence-electron chi connectivity index (χ2n) is 5.99. The van der Waals surface area contributed by atoms with Gasteiger partial charge in [0.2, 0.25) is 0 Å². The lowest BCUT2D eigenvalue weighted by Crippen LogP contribution is -2.37. The number of rotatable bonds is 5. The van der Waals surface area contributed by atoms with Crippen molar-refractivity contribution >= 4 is 11.7 Å². The number of ether oxygens (including phenoxy) is 1. The number of benzene rings is 2. The highest BCUT2D eigenvalue weighted by Gasteiger charge is 2.20. The van der Waals surface area contributed by atoms with Gasteiger partial charge in [-0.2, -0.15) is 0 Å². The molecule has 0 aromatic heterocycles. The fraction of sp³-hybridized carbons (Fsp3) is 0.350. The number of methoxy groups -OCH3 is 1.